The number of benzene rings is 2. The molecule has 0 aliphatic carbocycles. The van der Waals surface area contributed by atoms with Gasteiger partial charge in [0.15, 0.2) is 0 Å². The number of morpholine rings is 1. The van der Waals surface area contributed by atoms with E-state index in [4.69, 9.17) is 21.1 Å². The molecule has 0 spiro atoms. The Balaban J connectivity index is 0.00000280. The van der Waals surface area contributed by atoms with Crippen molar-refractivity contribution in [1.29, 1.82) is 0 Å². The van der Waals surface area contributed by atoms with E-state index in [1.165, 1.54) is 0 Å². The Morgan fingerprint density at radius 2 is 1.71 bits per heavy atom. The molecule has 1 N–H and O–H groups in total. The van der Waals surface area contributed by atoms with Gasteiger partial charge in [-0.3, -0.25) is 4.90 Å². The van der Waals surface area contributed by atoms with Gasteiger partial charge in [-0.1, -0.05) is 42.8 Å². The average Bonchev–Trinajstić information content (AvgIpc) is 2.73. The fraction of sp³-hybridized carbons (Fsp3) is 0.455. The Bertz CT molecular complexity index is 718. The van der Waals surface area contributed by atoms with Crippen LogP contribution in [-0.2, 0) is 10.3 Å². The molecule has 2 unspecified atom stereocenters. The van der Waals surface area contributed by atoms with Crippen LogP contribution in [0.3, 0.4) is 0 Å². The number of hydrogen-bond donors (Lipinski definition) is 1. The van der Waals surface area contributed by atoms with E-state index in [2.05, 4.69) is 4.90 Å². The van der Waals surface area contributed by atoms with Crippen LogP contribution in [0.2, 0.25) is 5.02 Å². The molecular formula is C22H29Cl2NO3. The number of aliphatic hydroxyl groups is 1. The van der Waals surface area contributed by atoms with Crippen LogP contribution >= 0.6 is 24.0 Å². The van der Waals surface area contributed by atoms with Crippen molar-refractivity contribution in [1.82, 2.24) is 4.90 Å². The molecule has 2 atom stereocenters. The highest BCUT2D eigenvalue weighted by Gasteiger charge is 2.39. The number of halogens is 2. The number of hydrogen-bond acceptors (Lipinski definition) is 4. The Labute approximate surface area is 178 Å². The summed E-state index contributed by atoms with van der Waals surface area (Å²) >= 11 is 6.10. The second kappa shape index (κ2) is 10.5. The summed E-state index contributed by atoms with van der Waals surface area (Å²) in [6.45, 7) is 6.04. The van der Waals surface area contributed by atoms with Crippen LogP contribution in [0, 0.1) is 0 Å². The zero-order chi connectivity index (χ0) is 19.3. The molecule has 1 aliphatic heterocycles. The van der Waals surface area contributed by atoms with Crippen LogP contribution in [0.5, 0.6) is 5.75 Å². The molecule has 154 valence electrons. The van der Waals surface area contributed by atoms with Crippen LogP contribution in [-0.4, -0.2) is 50.0 Å². The monoisotopic (exact) mass is 425 g/mol. The van der Waals surface area contributed by atoms with E-state index >= 15 is 0 Å². The summed E-state index contributed by atoms with van der Waals surface area (Å²) in [4.78, 5) is 2.37. The smallest absolute Gasteiger partial charge is 0.118 e. The highest BCUT2D eigenvalue weighted by molar-refractivity contribution is 6.30. The SMILES string of the molecule is CCC(O)(c1ccc(OC)cc1)C(CN1CCOCC1)c1ccc(Cl)cc1.Cl. The molecule has 3 rings (SSSR count). The Kier molecular flexibility index (Phi) is 8.59. The third-order valence-corrected chi connectivity index (χ3v) is 5.77. The van der Waals surface area contributed by atoms with E-state index in [0.717, 1.165) is 49.7 Å². The first-order valence-corrected chi connectivity index (χ1v) is 9.87. The highest BCUT2D eigenvalue weighted by atomic mass is 35.5. The van der Waals surface area contributed by atoms with E-state index < -0.39 is 5.60 Å². The van der Waals surface area contributed by atoms with E-state index in [1.807, 2.05) is 55.5 Å². The standard InChI is InChI=1S/C22H28ClNO3.ClH/c1-3-22(25,18-6-10-20(26-2)11-7-18)21(16-24-12-14-27-15-13-24)17-4-8-19(23)9-5-17;/h4-11,21,25H,3,12-16H2,1-2H3;1H. The molecule has 4 nitrogen and oxygen atoms in total. The van der Waals surface area contributed by atoms with Crippen LogP contribution in [0.4, 0.5) is 0 Å². The molecule has 0 amide bonds. The average molecular weight is 426 g/mol. The maximum absolute atomic E-state index is 11.8. The topological polar surface area (TPSA) is 41.9 Å². The van der Waals surface area contributed by atoms with Crippen LogP contribution in [0.1, 0.15) is 30.4 Å². The van der Waals surface area contributed by atoms with Gasteiger partial charge in [0.05, 0.1) is 25.9 Å². The fourth-order valence-corrected chi connectivity index (χ4v) is 3.93. The maximum atomic E-state index is 11.8. The van der Waals surface area contributed by atoms with Gasteiger partial charge in [-0.05, 0) is 41.8 Å². The van der Waals surface area contributed by atoms with Crippen molar-refractivity contribution >= 4 is 24.0 Å². The molecule has 1 fully saturated rings. The fourth-order valence-electron chi connectivity index (χ4n) is 3.80. The maximum Gasteiger partial charge on any atom is 0.118 e. The third-order valence-electron chi connectivity index (χ3n) is 5.52. The van der Waals surface area contributed by atoms with Crippen molar-refractivity contribution in [2.45, 2.75) is 24.9 Å². The Morgan fingerprint density at radius 3 is 2.25 bits per heavy atom. The summed E-state index contributed by atoms with van der Waals surface area (Å²) in [6.07, 6.45) is 0.608. The zero-order valence-electron chi connectivity index (χ0n) is 16.4. The lowest BCUT2D eigenvalue weighted by Crippen LogP contribution is -2.44. The van der Waals surface area contributed by atoms with Crippen LogP contribution < -0.4 is 4.74 Å². The van der Waals surface area contributed by atoms with Gasteiger partial charge in [-0.15, -0.1) is 12.4 Å². The van der Waals surface area contributed by atoms with Gasteiger partial charge >= 0.3 is 0 Å². The third kappa shape index (κ3) is 5.19. The molecular weight excluding hydrogens is 397 g/mol. The molecule has 6 heteroatoms. The van der Waals surface area contributed by atoms with Crippen molar-refractivity contribution in [2.75, 3.05) is 40.0 Å². The number of nitrogens with zero attached hydrogens (tertiary/aromatic N) is 1. The van der Waals surface area contributed by atoms with Crippen molar-refractivity contribution in [3.8, 4) is 5.75 Å². The summed E-state index contributed by atoms with van der Waals surface area (Å²) in [5, 5.41) is 12.5. The molecule has 1 aliphatic rings. The second-order valence-electron chi connectivity index (χ2n) is 7.02. The molecule has 28 heavy (non-hydrogen) atoms. The summed E-state index contributed by atoms with van der Waals surface area (Å²) in [5.74, 6) is 0.708. The van der Waals surface area contributed by atoms with Gasteiger partial charge in [0, 0.05) is 30.6 Å². The van der Waals surface area contributed by atoms with Gasteiger partial charge in [-0.2, -0.15) is 0 Å². The summed E-state index contributed by atoms with van der Waals surface area (Å²) in [7, 11) is 1.65. The molecule has 2 aromatic rings. The molecule has 0 bridgehead atoms. The van der Waals surface area contributed by atoms with E-state index in [0.29, 0.717) is 11.4 Å². The number of ether oxygens (including phenoxy) is 2. The predicted molar refractivity (Wildman–Crippen MR) is 116 cm³/mol. The zero-order valence-corrected chi connectivity index (χ0v) is 18.0. The minimum absolute atomic E-state index is 0. The van der Waals surface area contributed by atoms with Crippen molar-refractivity contribution < 1.29 is 14.6 Å². The first-order chi connectivity index (χ1) is 13.1. The minimum atomic E-state index is -0.988. The second-order valence-corrected chi connectivity index (χ2v) is 7.46. The first kappa shape index (κ1) is 23.0. The normalized spacial score (nSPS) is 18.0. The van der Waals surface area contributed by atoms with Crippen molar-refractivity contribution in [3.05, 3.63) is 64.7 Å². The summed E-state index contributed by atoms with van der Waals surface area (Å²) in [5.41, 5.74) is 1.00. The lowest BCUT2D eigenvalue weighted by Gasteiger charge is -2.40. The molecule has 1 saturated heterocycles. The molecule has 0 saturated carbocycles. The lowest BCUT2D eigenvalue weighted by molar-refractivity contribution is -0.0250. The summed E-state index contributed by atoms with van der Waals surface area (Å²) in [6, 6.07) is 15.6. The molecule has 0 radical (unpaired) electrons. The number of rotatable bonds is 7. The van der Waals surface area contributed by atoms with E-state index in [1.54, 1.807) is 7.11 Å². The minimum Gasteiger partial charge on any atom is -0.497 e. The first-order valence-electron chi connectivity index (χ1n) is 9.49. The van der Waals surface area contributed by atoms with Crippen molar-refractivity contribution in [2.24, 2.45) is 0 Å². The van der Waals surface area contributed by atoms with Gasteiger partial charge in [-0.25, -0.2) is 0 Å². The van der Waals surface area contributed by atoms with Gasteiger partial charge in [0.1, 0.15) is 5.75 Å². The largest absolute Gasteiger partial charge is 0.497 e. The van der Waals surface area contributed by atoms with Crippen LogP contribution in [0.15, 0.2) is 48.5 Å². The molecule has 1 heterocycles. The van der Waals surface area contributed by atoms with Gasteiger partial charge < -0.3 is 14.6 Å². The van der Waals surface area contributed by atoms with E-state index in [-0.39, 0.29) is 18.3 Å². The highest BCUT2D eigenvalue weighted by Crippen LogP contribution is 2.41. The molecule has 0 aromatic heterocycles. The van der Waals surface area contributed by atoms with E-state index in [9.17, 15) is 5.11 Å². The van der Waals surface area contributed by atoms with Crippen molar-refractivity contribution in [3.63, 3.8) is 0 Å². The lowest BCUT2D eigenvalue weighted by atomic mass is 9.75. The molecule has 2 aromatic carbocycles. The van der Waals surface area contributed by atoms with Gasteiger partial charge in [0.25, 0.3) is 0 Å². The van der Waals surface area contributed by atoms with Crippen LogP contribution in [0.25, 0.3) is 0 Å². The van der Waals surface area contributed by atoms with Gasteiger partial charge in [0.2, 0.25) is 0 Å². The Morgan fingerprint density at radius 1 is 1.11 bits per heavy atom. The number of methoxy groups -OCH3 is 1. The quantitative estimate of drug-likeness (QED) is 0.709. The summed E-state index contributed by atoms with van der Waals surface area (Å²) < 4.78 is 10.8. The predicted octanol–water partition coefficient (Wildman–Crippen LogP) is 4.48. The Hall–Kier alpha value is -1.30.